The average Bonchev–Trinajstić information content (AvgIpc) is 2.82. The second-order valence-corrected chi connectivity index (χ2v) is 5.23. The average molecular weight is 279 g/mol. The lowest BCUT2D eigenvalue weighted by atomic mass is 10.2. The van der Waals surface area contributed by atoms with Gasteiger partial charge in [0.05, 0.1) is 11.3 Å². The van der Waals surface area contributed by atoms with E-state index in [1.807, 2.05) is 20.9 Å². The van der Waals surface area contributed by atoms with Gasteiger partial charge < -0.3 is 5.11 Å². The van der Waals surface area contributed by atoms with Crippen molar-refractivity contribution in [3.63, 3.8) is 0 Å². The van der Waals surface area contributed by atoms with E-state index < -0.39 is 5.97 Å². The number of hydrogen-bond acceptors (Lipinski definition) is 5. The molecule has 0 aliphatic rings. The highest BCUT2D eigenvalue weighted by atomic mass is 32.1. The normalized spacial score (nSPS) is 10.7. The van der Waals surface area contributed by atoms with Crippen LogP contribution in [0.5, 0.6) is 0 Å². The molecule has 0 amide bonds. The van der Waals surface area contributed by atoms with Crippen molar-refractivity contribution in [2.75, 3.05) is 0 Å². The van der Waals surface area contributed by atoms with Gasteiger partial charge in [0, 0.05) is 19.7 Å². The lowest BCUT2D eigenvalue weighted by Crippen LogP contribution is -2.03. The number of rotatable bonds is 3. The molecule has 0 radical (unpaired) electrons. The van der Waals surface area contributed by atoms with Crippen molar-refractivity contribution in [2.24, 2.45) is 7.05 Å². The molecule has 2 rings (SSSR count). The summed E-state index contributed by atoms with van der Waals surface area (Å²) in [5.74, 6) is -1.48. The number of Topliss-reactive ketones (excluding diaryl/α,β-unsaturated/α-hetero) is 1. The second-order valence-electron chi connectivity index (χ2n) is 4.23. The van der Waals surface area contributed by atoms with Crippen LogP contribution < -0.4 is 0 Å². The Hall–Kier alpha value is -2.02. The van der Waals surface area contributed by atoms with Gasteiger partial charge in [-0.3, -0.25) is 9.48 Å². The predicted molar refractivity (Wildman–Crippen MR) is 70.8 cm³/mol. The van der Waals surface area contributed by atoms with E-state index >= 15 is 0 Å². The first-order valence-electron chi connectivity index (χ1n) is 5.58. The van der Waals surface area contributed by atoms with Crippen molar-refractivity contribution in [3.8, 4) is 10.6 Å². The highest BCUT2D eigenvalue weighted by Gasteiger charge is 2.24. The number of aryl methyl sites for hydroxylation is 2. The zero-order chi connectivity index (χ0) is 14.3. The summed E-state index contributed by atoms with van der Waals surface area (Å²) in [6, 6.07) is 0. The summed E-state index contributed by atoms with van der Waals surface area (Å²) in [7, 11) is 1.81. The summed E-state index contributed by atoms with van der Waals surface area (Å²) in [4.78, 5) is 26.8. The number of carbonyl (C=O) groups is 2. The van der Waals surface area contributed by atoms with Crippen LogP contribution in [0.15, 0.2) is 0 Å². The molecule has 0 aromatic carbocycles. The third-order valence-corrected chi connectivity index (χ3v) is 4.05. The molecule has 0 bridgehead atoms. The maximum Gasteiger partial charge on any atom is 0.356 e. The molecule has 19 heavy (non-hydrogen) atoms. The number of carbonyl (C=O) groups excluding carboxylic acids is 1. The van der Waals surface area contributed by atoms with Crippen LogP contribution in [0, 0.1) is 13.8 Å². The quantitative estimate of drug-likeness (QED) is 0.869. The fraction of sp³-hybridized carbons (Fsp3) is 0.333. The van der Waals surface area contributed by atoms with Crippen molar-refractivity contribution in [1.29, 1.82) is 0 Å². The molecule has 100 valence electrons. The number of nitrogens with zero attached hydrogens (tertiary/aromatic N) is 3. The SMILES string of the molecule is CC(=O)c1sc(-c2c(C)nn(C)c2C)nc1C(=O)O. The first-order chi connectivity index (χ1) is 8.82. The van der Waals surface area contributed by atoms with Gasteiger partial charge in [-0.2, -0.15) is 5.10 Å². The van der Waals surface area contributed by atoms with Crippen molar-refractivity contribution < 1.29 is 14.7 Å². The van der Waals surface area contributed by atoms with Crippen LogP contribution >= 0.6 is 11.3 Å². The number of carboxylic acids is 1. The summed E-state index contributed by atoms with van der Waals surface area (Å²) < 4.78 is 1.71. The zero-order valence-electron chi connectivity index (χ0n) is 11.0. The molecule has 0 aliphatic carbocycles. The number of aromatic carboxylic acids is 1. The van der Waals surface area contributed by atoms with Gasteiger partial charge in [-0.05, 0) is 13.8 Å². The molecule has 0 saturated carbocycles. The number of thiazole rings is 1. The first kappa shape index (κ1) is 13.4. The van der Waals surface area contributed by atoms with E-state index in [2.05, 4.69) is 10.1 Å². The largest absolute Gasteiger partial charge is 0.476 e. The third-order valence-electron chi connectivity index (χ3n) is 2.87. The van der Waals surface area contributed by atoms with E-state index in [9.17, 15) is 9.59 Å². The molecule has 2 aromatic rings. The van der Waals surface area contributed by atoms with Crippen LogP contribution in [0.25, 0.3) is 10.6 Å². The fourth-order valence-electron chi connectivity index (χ4n) is 1.89. The summed E-state index contributed by atoms with van der Waals surface area (Å²) >= 11 is 1.10. The summed E-state index contributed by atoms with van der Waals surface area (Å²) in [6.45, 7) is 5.05. The summed E-state index contributed by atoms with van der Waals surface area (Å²) in [5.41, 5.74) is 2.26. The van der Waals surface area contributed by atoms with Crippen molar-refractivity contribution in [3.05, 3.63) is 22.0 Å². The van der Waals surface area contributed by atoms with E-state index in [0.29, 0.717) is 5.01 Å². The number of carboxylic acid groups (broad SMARTS) is 1. The Morgan fingerprint density at radius 3 is 2.32 bits per heavy atom. The van der Waals surface area contributed by atoms with Gasteiger partial charge in [0.15, 0.2) is 11.5 Å². The first-order valence-corrected chi connectivity index (χ1v) is 6.40. The maximum absolute atomic E-state index is 11.5. The molecule has 0 fully saturated rings. The Labute approximate surface area is 113 Å². The van der Waals surface area contributed by atoms with E-state index in [4.69, 9.17) is 5.11 Å². The molecule has 6 nitrogen and oxygen atoms in total. The van der Waals surface area contributed by atoms with Gasteiger partial charge in [0.2, 0.25) is 0 Å². The van der Waals surface area contributed by atoms with Gasteiger partial charge in [-0.1, -0.05) is 0 Å². The second kappa shape index (κ2) is 4.58. The van der Waals surface area contributed by atoms with Gasteiger partial charge in [-0.15, -0.1) is 11.3 Å². The van der Waals surface area contributed by atoms with Crippen LogP contribution in [-0.2, 0) is 7.05 Å². The van der Waals surface area contributed by atoms with Crippen LogP contribution in [-0.4, -0.2) is 31.6 Å². The van der Waals surface area contributed by atoms with E-state index in [1.54, 1.807) is 4.68 Å². The van der Waals surface area contributed by atoms with E-state index in [-0.39, 0.29) is 16.4 Å². The molecule has 1 N–H and O–H groups in total. The van der Waals surface area contributed by atoms with Crippen molar-refractivity contribution in [2.45, 2.75) is 20.8 Å². The molecule has 2 aromatic heterocycles. The van der Waals surface area contributed by atoms with Crippen LogP contribution in [0.3, 0.4) is 0 Å². The predicted octanol–water partition coefficient (Wildman–Crippen LogP) is 2.06. The Morgan fingerprint density at radius 2 is 1.95 bits per heavy atom. The van der Waals surface area contributed by atoms with Gasteiger partial charge >= 0.3 is 5.97 Å². The van der Waals surface area contributed by atoms with Gasteiger partial charge in [0.1, 0.15) is 9.88 Å². The molecule has 0 saturated heterocycles. The van der Waals surface area contributed by atoms with Crippen molar-refractivity contribution in [1.82, 2.24) is 14.8 Å². The zero-order valence-corrected chi connectivity index (χ0v) is 11.8. The monoisotopic (exact) mass is 279 g/mol. The van der Waals surface area contributed by atoms with Crippen molar-refractivity contribution >= 4 is 23.1 Å². The standard InChI is InChI=1S/C12H13N3O3S/c1-5-8(6(2)15(4)14-5)11-13-9(12(17)18)10(19-11)7(3)16/h1-4H3,(H,17,18). The molecule has 0 unspecified atom stereocenters. The minimum atomic E-state index is -1.19. The Morgan fingerprint density at radius 1 is 1.32 bits per heavy atom. The van der Waals surface area contributed by atoms with E-state index in [0.717, 1.165) is 28.3 Å². The maximum atomic E-state index is 11.5. The summed E-state index contributed by atoms with van der Waals surface area (Å²) in [6.07, 6.45) is 0. The lowest BCUT2D eigenvalue weighted by molar-refractivity contribution is 0.0687. The van der Waals surface area contributed by atoms with Gasteiger partial charge in [-0.25, -0.2) is 9.78 Å². The third kappa shape index (κ3) is 2.17. The van der Waals surface area contributed by atoms with Crippen LogP contribution in [0.4, 0.5) is 0 Å². The topological polar surface area (TPSA) is 85.1 Å². The van der Waals surface area contributed by atoms with E-state index in [1.165, 1.54) is 6.92 Å². The van der Waals surface area contributed by atoms with Gasteiger partial charge in [0.25, 0.3) is 0 Å². The summed E-state index contributed by atoms with van der Waals surface area (Å²) in [5, 5.41) is 13.9. The fourth-order valence-corrected chi connectivity index (χ4v) is 2.99. The molecule has 0 aliphatic heterocycles. The van der Waals surface area contributed by atoms with Crippen LogP contribution in [0.2, 0.25) is 0 Å². The molecule has 0 spiro atoms. The Kier molecular flexibility index (Phi) is 3.23. The minimum Gasteiger partial charge on any atom is -0.476 e. The van der Waals surface area contributed by atoms with Crippen LogP contribution in [0.1, 0.15) is 38.5 Å². The minimum absolute atomic E-state index is 0.171. The molecule has 2 heterocycles. The highest BCUT2D eigenvalue weighted by molar-refractivity contribution is 7.17. The molecule has 7 heteroatoms. The number of ketones is 1. The molecule has 0 atom stereocenters. The molecular weight excluding hydrogens is 266 g/mol. The number of hydrogen-bond donors (Lipinski definition) is 1. The highest BCUT2D eigenvalue weighted by Crippen LogP contribution is 2.32. The number of aromatic nitrogens is 3. The smallest absolute Gasteiger partial charge is 0.356 e. The Bertz CT molecular complexity index is 653. The molecular formula is C12H13N3O3S. The Balaban J connectivity index is 2.67. The lowest BCUT2D eigenvalue weighted by Gasteiger charge is -1.96.